The first-order valence-electron chi connectivity index (χ1n) is 9.77. The van der Waals surface area contributed by atoms with E-state index in [1.54, 1.807) is 6.08 Å². The van der Waals surface area contributed by atoms with Crippen LogP contribution >= 0.6 is 0 Å². The van der Waals surface area contributed by atoms with Crippen LogP contribution in [0.2, 0.25) is 0 Å². The molecular formula is C19H21NO4. The van der Waals surface area contributed by atoms with E-state index in [1.165, 1.54) is 6.92 Å². The Kier molecular flexibility index (Phi) is 2.05. The first-order valence-corrected chi connectivity index (χ1v) is 8.36. The summed E-state index contributed by atoms with van der Waals surface area (Å²) in [6.07, 6.45) is 3.88. The molecule has 4 aliphatic rings. The van der Waals surface area contributed by atoms with Crippen molar-refractivity contribution in [1.29, 1.82) is 1.43 Å². The Bertz CT molecular complexity index is 919. The topological polar surface area (TPSA) is 70.0 Å². The molecule has 5 rings (SSSR count). The molecule has 126 valence electrons. The number of ketones is 1. The Morgan fingerprint density at radius 1 is 1.54 bits per heavy atom. The Morgan fingerprint density at radius 2 is 2.38 bits per heavy atom. The molecule has 1 aromatic carbocycles. The fourth-order valence-corrected chi connectivity index (χ4v) is 5.44. The Morgan fingerprint density at radius 3 is 3.12 bits per heavy atom. The van der Waals surface area contributed by atoms with E-state index in [4.69, 9.17) is 14.0 Å². The third-order valence-corrected chi connectivity index (χ3v) is 6.62. The molecule has 1 fully saturated rings. The van der Waals surface area contributed by atoms with Gasteiger partial charge in [-0.1, -0.05) is 12.1 Å². The molecule has 0 aromatic heterocycles. The zero-order valence-electron chi connectivity index (χ0n) is 16.6. The monoisotopic (exact) mass is 330 g/mol. The van der Waals surface area contributed by atoms with Gasteiger partial charge in [-0.3, -0.25) is 4.79 Å². The van der Waals surface area contributed by atoms with Gasteiger partial charge in [-0.15, -0.1) is 0 Å². The number of hydrogen-bond donors (Lipinski definition) is 2. The number of aliphatic hydroxyl groups is 1. The minimum absolute atomic E-state index is 0.0178. The van der Waals surface area contributed by atoms with Crippen molar-refractivity contribution in [2.45, 2.75) is 42.9 Å². The number of hydrogen-bond acceptors (Lipinski definition) is 5. The van der Waals surface area contributed by atoms with E-state index < -0.39 is 22.9 Å². The highest BCUT2D eigenvalue weighted by Crippen LogP contribution is 2.63. The van der Waals surface area contributed by atoms with Gasteiger partial charge in [-0.25, -0.2) is 0 Å². The van der Waals surface area contributed by atoms with Crippen molar-refractivity contribution >= 4 is 5.78 Å². The summed E-state index contributed by atoms with van der Waals surface area (Å²) in [4.78, 5) is 14.6. The smallest absolute Gasteiger partial charge is 0.293 e. The Labute approximate surface area is 144 Å². The highest BCUT2D eigenvalue weighted by Gasteiger charge is 2.68. The van der Waals surface area contributed by atoms with Crippen LogP contribution in [0.5, 0.6) is 11.5 Å². The highest BCUT2D eigenvalue weighted by atomic mass is 16.5. The van der Waals surface area contributed by atoms with E-state index in [2.05, 4.69) is 4.90 Å². The van der Waals surface area contributed by atoms with E-state index in [1.807, 2.05) is 13.1 Å². The SMILES string of the molecule is [2H]Oc1c([2H])c([2H])c2c3c1O[C@@H]1[C@]34CCN(C)[C@H](C2)[C@@H]4C=C[C@@]1(O)C(C)=O. The number of rotatable bonds is 2. The third-order valence-electron chi connectivity index (χ3n) is 6.62. The first kappa shape index (κ1) is 11.7. The van der Waals surface area contributed by atoms with Crippen LogP contribution in [0.25, 0.3) is 0 Å². The van der Waals surface area contributed by atoms with Gasteiger partial charge < -0.3 is 19.9 Å². The summed E-state index contributed by atoms with van der Waals surface area (Å²) in [5.74, 6) is -0.242. The maximum absolute atomic E-state index is 12.4. The van der Waals surface area contributed by atoms with Gasteiger partial charge in [0.15, 0.2) is 22.9 Å². The number of ether oxygens (including phenoxy) is 1. The van der Waals surface area contributed by atoms with Crippen LogP contribution < -0.4 is 4.74 Å². The second kappa shape index (κ2) is 4.21. The fourth-order valence-electron chi connectivity index (χ4n) is 5.44. The third kappa shape index (κ3) is 1.38. The van der Waals surface area contributed by atoms with Crippen molar-refractivity contribution in [2.24, 2.45) is 5.92 Å². The molecule has 24 heavy (non-hydrogen) atoms. The minimum atomic E-state index is -1.78. The first-order chi connectivity index (χ1) is 12.8. The van der Waals surface area contributed by atoms with Gasteiger partial charge in [0.05, 0.1) is 2.74 Å². The number of carbonyl (C=O) groups excluding carboxylic acids is 1. The number of piperidine rings is 1. The lowest BCUT2D eigenvalue weighted by molar-refractivity contribution is -0.148. The van der Waals surface area contributed by atoms with Crippen LogP contribution in [-0.4, -0.2) is 53.7 Å². The molecule has 2 aliphatic heterocycles. The minimum Gasteiger partial charge on any atom is -0.504 e. The lowest BCUT2D eigenvalue weighted by Crippen LogP contribution is -2.69. The number of nitrogens with zero attached hydrogens (tertiary/aromatic N) is 1. The molecule has 5 heteroatoms. The van der Waals surface area contributed by atoms with Gasteiger partial charge in [0, 0.05) is 22.9 Å². The molecule has 2 N–H and O–H groups in total. The van der Waals surface area contributed by atoms with Crippen LogP contribution in [0.3, 0.4) is 0 Å². The van der Waals surface area contributed by atoms with Gasteiger partial charge in [0.1, 0.15) is 6.10 Å². The van der Waals surface area contributed by atoms with Gasteiger partial charge in [0.2, 0.25) is 0 Å². The standard InChI is InChI=1S/C19H21NO4/c1-10(21)19(23)6-5-12-13-9-11-3-4-14(22)16-15(11)18(12,17(19)24-16)7-8-20(13)2/h3-6,12-13,17,22-23H,7-9H2,1-2H3/t12-,13+,17+,18-,19+/m0/s1/i3D,4D/hD. The van der Waals surface area contributed by atoms with Crippen molar-refractivity contribution in [2.75, 3.05) is 13.6 Å². The maximum atomic E-state index is 12.4. The van der Waals surface area contributed by atoms with Gasteiger partial charge >= 0.3 is 0 Å². The highest BCUT2D eigenvalue weighted by molar-refractivity contribution is 5.89. The summed E-state index contributed by atoms with van der Waals surface area (Å²) >= 11 is 0. The molecule has 5 nitrogen and oxygen atoms in total. The summed E-state index contributed by atoms with van der Waals surface area (Å²) < 4.78 is 30.3. The molecule has 1 aromatic rings. The van der Waals surface area contributed by atoms with E-state index in [-0.39, 0.29) is 35.5 Å². The second-order valence-electron chi connectivity index (χ2n) is 7.57. The molecule has 0 saturated carbocycles. The number of benzene rings is 1. The van der Waals surface area contributed by atoms with Crippen molar-refractivity contribution < 1.29 is 22.5 Å². The van der Waals surface area contributed by atoms with Gasteiger partial charge in [-0.2, -0.15) is 0 Å². The zero-order valence-corrected chi connectivity index (χ0v) is 13.6. The fraction of sp³-hybridized carbons (Fsp3) is 0.526. The predicted molar refractivity (Wildman–Crippen MR) is 87.2 cm³/mol. The summed E-state index contributed by atoms with van der Waals surface area (Å²) in [6, 6.07) is -0.0473. The molecule has 0 radical (unpaired) electrons. The molecule has 0 unspecified atom stereocenters. The lowest BCUT2D eigenvalue weighted by Gasteiger charge is -2.58. The lowest BCUT2D eigenvalue weighted by atomic mass is 9.51. The Hall–Kier alpha value is -1.85. The molecule has 2 bridgehead atoms. The van der Waals surface area contributed by atoms with Crippen LogP contribution in [0.15, 0.2) is 24.2 Å². The Balaban J connectivity index is 1.88. The average Bonchev–Trinajstić information content (AvgIpc) is 2.98. The van der Waals surface area contributed by atoms with Crippen molar-refractivity contribution in [3.05, 3.63) is 35.4 Å². The van der Waals surface area contributed by atoms with Crippen molar-refractivity contribution in [3.63, 3.8) is 0 Å². The summed E-state index contributed by atoms with van der Waals surface area (Å²) in [5.41, 5.74) is -0.971. The number of carbonyl (C=O) groups is 1. The number of Topliss-reactive ketones (excluding diaryl/α,β-unsaturated/α-hetero) is 1. The molecule has 0 amide bonds. The number of aromatic hydroxyl groups is 1. The predicted octanol–water partition coefficient (Wildman–Crippen LogP) is 1.16. The van der Waals surface area contributed by atoms with Crippen LogP contribution in [0.4, 0.5) is 0 Å². The molecular weight excluding hydrogens is 306 g/mol. The van der Waals surface area contributed by atoms with Crippen LogP contribution in [-0.2, 0) is 16.6 Å². The molecule has 2 heterocycles. The molecule has 1 saturated heterocycles. The quantitative estimate of drug-likeness (QED) is 0.797. The van der Waals surface area contributed by atoms with Crippen molar-refractivity contribution in [3.8, 4) is 11.5 Å². The summed E-state index contributed by atoms with van der Waals surface area (Å²) in [5, 5.41) is 15.9. The van der Waals surface area contributed by atoms with E-state index >= 15 is 0 Å². The van der Waals surface area contributed by atoms with E-state index in [0.29, 0.717) is 18.4 Å². The zero-order chi connectivity index (χ0) is 19.3. The largest absolute Gasteiger partial charge is 0.504 e. The summed E-state index contributed by atoms with van der Waals surface area (Å²) in [6.45, 7) is 2.12. The van der Waals surface area contributed by atoms with E-state index in [0.717, 1.165) is 12.1 Å². The normalized spacial score (nSPS) is 43.3. The van der Waals surface area contributed by atoms with Gasteiger partial charge in [-0.05, 0) is 51.0 Å². The molecule has 2 aliphatic carbocycles. The summed E-state index contributed by atoms with van der Waals surface area (Å²) in [7, 11) is 2.04. The average molecular weight is 330 g/mol. The number of likely N-dealkylation sites (tertiary alicyclic amines) is 1. The molecule has 1 spiro atoms. The number of phenols is 1. The molecule has 5 atom stereocenters. The van der Waals surface area contributed by atoms with Crippen LogP contribution in [0, 0.1) is 5.92 Å². The van der Waals surface area contributed by atoms with E-state index in [9.17, 15) is 9.90 Å². The van der Waals surface area contributed by atoms with Crippen molar-refractivity contribution in [1.82, 2.24) is 4.90 Å². The van der Waals surface area contributed by atoms with Gasteiger partial charge in [0.25, 0.3) is 1.43 Å². The van der Waals surface area contributed by atoms with Crippen LogP contribution in [0.1, 0.15) is 27.2 Å². The number of likely N-dealkylation sites (N-methyl/N-ethyl adjacent to an activating group) is 1. The maximum Gasteiger partial charge on any atom is 0.293 e. The second-order valence-corrected chi connectivity index (χ2v) is 7.57. The number of phenolic OH excluding ortho intramolecular Hbond substituents is 1.